The summed E-state index contributed by atoms with van der Waals surface area (Å²) >= 11 is 0. The number of aromatic nitrogens is 4. The number of hydrogen-bond donors (Lipinski definition) is 1. The predicted molar refractivity (Wildman–Crippen MR) is 95.2 cm³/mol. The number of nitrogens with zero attached hydrogens (tertiary/aromatic N) is 4. The van der Waals surface area contributed by atoms with Gasteiger partial charge in [-0.15, -0.1) is 5.10 Å². The highest BCUT2D eigenvalue weighted by molar-refractivity contribution is 5.91. The summed E-state index contributed by atoms with van der Waals surface area (Å²) in [6.07, 6.45) is 1.32. The number of rotatable bonds is 6. The first-order chi connectivity index (χ1) is 12.5. The van der Waals surface area contributed by atoms with Gasteiger partial charge in [-0.3, -0.25) is 4.79 Å². The van der Waals surface area contributed by atoms with Crippen LogP contribution in [0.2, 0.25) is 0 Å². The van der Waals surface area contributed by atoms with Gasteiger partial charge in [-0.05, 0) is 37.6 Å². The molecule has 1 N–H and O–H groups in total. The molecule has 1 aromatic carbocycles. The molecule has 2 heterocycles. The lowest BCUT2D eigenvalue weighted by Gasteiger charge is -2.23. The van der Waals surface area contributed by atoms with Crippen LogP contribution in [-0.4, -0.2) is 45.8 Å². The molecule has 0 bridgehead atoms. The highest BCUT2D eigenvalue weighted by Crippen LogP contribution is 2.23. The molecule has 0 aliphatic carbocycles. The van der Waals surface area contributed by atoms with Gasteiger partial charge in [0.2, 0.25) is 5.82 Å². The van der Waals surface area contributed by atoms with E-state index in [9.17, 15) is 4.79 Å². The van der Waals surface area contributed by atoms with Gasteiger partial charge in [-0.25, -0.2) is 9.50 Å². The van der Waals surface area contributed by atoms with Crippen molar-refractivity contribution in [1.29, 1.82) is 0 Å². The third kappa shape index (κ3) is 3.50. The maximum Gasteiger partial charge on any atom is 0.291 e. The Kier molecular flexibility index (Phi) is 5.13. The molecule has 0 fully saturated rings. The Morgan fingerprint density at radius 3 is 2.54 bits per heavy atom. The monoisotopic (exact) mass is 355 g/mol. The smallest absolute Gasteiger partial charge is 0.291 e. The molecule has 26 heavy (non-hydrogen) atoms. The number of amides is 1. The number of carbonyl (C=O) groups excluding carboxylic acids is 1. The van der Waals surface area contributed by atoms with Crippen LogP contribution in [0.15, 0.2) is 36.5 Å². The van der Waals surface area contributed by atoms with Crippen molar-refractivity contribution in [2.45, 2.75) is 26.0 Å². The number of aryl methyl sites for hydroxylation is 1. The second kappa shape index (κ2) is 7.49. The Labute approximate surface area is 151 Å². The Hall–Kier alpha value is -3.00. The molecule has 0 unspecified atom stereocenters. The fourth-order valence-electron chi connectivity index (χ4n) is 2.77. The second-order valence-electron chi connectivity index (χ2n) is 5.93. The molecular weight excluding hydrogens is 334 g/mol. The van der Waals surface area contributed by atoms with Gasteiger partial charge < -0.3 is 14.8 Å². The van der Waals surface area contributed by atoms with Crippen LogP contribution in [0.3, 0.4) is 0 Å². The van der Waals surface area contributed by atoms with E-state index in [1.807, 2.05) is 38.1 Å². The van der Waals surface area contributed by atoms with Gasteiger partial charge in [0.15, 0.2) is 0 Å². The van der Waals surface area contributed by atoms with E-state index in [1.54, 1.807) is 26.5 Å². The summed E-state index contributed by atoms with van der Waals surface area (Å²) in [5.41, 5.74) is 1.78. The largest absolute Gasteiger partial charge is 0.497 e. The van der Waals surface area contributed by atoms with Crippen LogP contribution in [0, 0.1) is 6.92 Å². The Morgan fingerprint density at radius 1 is 1.19 bits per heavy atom. The highest BCUT2D eigenvalue weighted by atomic mass is 16.5. The minimum absolute atomic E-state index is 0.0724. The standard InChI is InChI=1S/C18H21N5O3/c1-11-9-10-19-18-21-16(22-23(11)18)17(24)20-12(2)15(26-4)13-5-7-14(25-3)8-6-13/h5-10,12,15H,1-4H3,(H,20,24)/t12-,15+/m1/s1. The number of methoxy groups -OCH3 is 2. The molecule has 3 rings (SSSR count). The molecule has 1 amide bonds. The van der Waals surface area contributed by atoms with Crippen LogP contribution in [-0.2, 0) is 4.74 Å². The van der Waals surface area contributed by atoms with Crippen LogP contribution in [0.5, 0.6) is 5.75 Å². The predicted octanol–water partition coefficient (Wildman–Crippen LogP) is 1.95. The van der Waals surface area contributed by atoms with Crippen LogP contribution < -0.4 is 10.1 Å². The van der Waals surface area contributed by atoms with Crippen LogP contribution in [0.4, 0.5) is 0 Å². The van der Waals surface area contributed by atoms with Crippen molar-refractivity contribution in [3.8, 4) is 5.75 Å². The first kappa shape index (κ1) is 17.8. The Bertz CT molecular complexity index is 907. The van der Waals surface area contributed by atoms with Crippen molar-refractivity contribution in [3.05, 3.63) is 53.6 Å². The maximum atomic E-state index is 12.5. The molecule has 136 valence electrons. The summed E-state index contributed by atoms with van der Waals surface area (Å²) in [6, 6.07) is 9.04. The minimum Gasteiger partial charge on any atom is -0.497 e. The lowest BCUT2D eigenvalue weighted by Crippen LogP contribution is -2.38. The summed E-state index contributed by atoms with van der Waals surface area (Å²) in [7, 11) is 3.22. The molecule has 2 atom stereocenters. The summed E-state index contributed by atoms with van der Waals surface area (Å²) in [6.45, 7) is 3.74. The minimum atomic E-state index is -0.377. The molecule has 0 radical (unpaired) electrons. The number of benzene rings is 1. The van der Waals surface area contributed by atoms with Gasteiger partial charge in [0.25, 0.3) is 11.7 Å². The lowest BCUT2D eigenvalue weighted by atomic mass is 10.0. The molecule has 0 aliphatic rings. The van der Waals surface area contributed by atoms with Crippen LogP contribution in [0.1, 0.15) is 34.9 Å². The van der Waals surface area contributed by atoms with Gasteiger partial charge in [0.1, 0.15) is 11.9 Å². The molecule has 0 aliphatic heterocycles. The zero-order valence-electron chi connectivity index (χ0n) is 15.1. The van der Waals surface area contributed by atoms with E-state index >= 15 is 0 Å². The van der Waals surface area contributed by atoms with Gasteiger partial charge in [0, 0.05) is 19.0 Å². The fourth-order valence-corrected chi connectivity index (χ4v) is 2.77. The van der Waals surface area contributed by atoms with Crippen LogP contribution >= 0.6 is 0 Å². The lowest BCUT2D eigenvalue weighted by molar-refractivity contribution is 0.0640. The summed E-state index contributed by atoms with van der Waals surface area (Å²) < 4.78 is 12.3. The average Bonchev–Trinajstić information content (AvgIpc) is 3.09. The first-order valence-electron chi connectivity index (χ1n) is 8.19. The molecule has 0 spiro atoms. The summed E-state index contributed by atoms with van der Waals surface area (Å²) in [5, 5.41) is 7.11. The average molecular weight is 355 g/mol. The molecule has 8 heteroatoms. The van der Waals surface area contributed by atoms with Crippen molar-refractivity contribution in [2.75, 3.05) is 14.2 Å². The van der Waals surface area contributed by atoms with E-state index in [0.29, 0.717) is 5.78 Å². The first-order valence-corrected chi connectivity index (χ1v) is 8.19. The highest BCUT2D eigenvalue weighted by Gasteiger charge is 2.23. The molecule has 8 nitrogen and oxygen atoms in total. The summed E-state index contributed by atoms with van der Waals surface area (Å²) in [4.78, 5) is 20.8. The fraction of sp³-hybridized carbons (Fsp3) is 0.333. The van der Waals surface area contributed by atoms with E-state index in [2.05, 4.69) is 20.4 Å². The molecule has 0 saturated carbocycles. The topological polar surface area (TPSA) is 90.6 Å². The quantitative estimate of drug-likeness (QED) is 0.727. The van der Waals surface area contributed by atoms with Gasteiger partial charge in [-0.2, -0.15) is 4.98 Å². The Morgan fingerprint density at radius 2 is 1.92 bits per heavy atom. The number of carbonyl (C=O) groups is 1. The third-order valence-electron chi connectivity index (χ3n) is 4.14. The molecule has 0 saturated heterocycles. The second-order valence-corrected chi connectivity index (χ2v) is 5.93. The van der Waals surface area contributed by atoms with Crippen LogP contribution in [0.25, 0.3) is 5.78 Å². The van der Waals surface area contributed by atoms with E-state index in [0.717, 1.165) is 17.0 Å². The number of hydrogen-bond acceptors (Lipinski definition) is 6. The third-order valence-corrected chi connectivity index (χ3v) is 4.14. The van der Waals surface area contributed by atoms with E-state index in [1.165, 1.54) is 4.52 Å². The van der Waals surface area contributed by atoms with Crippen molar-refractivity contribution >= 4 is 11.7 Å². The van der Waals surface area contributed by atoms with E-state index in [-0.39, 0.29) is 23.9 Å². The Balaban J connectivity index is 1.76. The number of nitrogens with one attached hydrogen (secondary N) is 1. The molecular formula is C18H21N5O3. The molecule has 3 aromatic rings. The maximum absolute atomic E-state index is 12.5. The number of fused-ring (bicyclic) bond motifs is 1. The van der Waals surface area contributed by atoms with Crippen molar-refractivity contribution in [2.24, 2.45) is 0 Å². The zero-order chi connectivity index (χ0) is 18.7. The van der Waals surface area contributed by atoms with E-state index in [4.69, 9.17) is 9.47 Å². The van der Waals surface area contributed by atoms with Crippen molar-refractivity contribution in [1.82, 2.24) is 24.9 Å². The van der Waals surface area contributed by atoms with Crippen molar-refractivity contribution in [3.63, 3.8) is 0 Å². The SMILES string of the molecule is COc1ccc([C@@H](OC)[C@@H](C)NC(=O)c2nc3nccc(C)n3n2)cc1. The molecule has 2 aromatic heterocycles. The van der Waals surface area contributed by atoms with Gasteiger partial charge in [-0.1, -0.05) is 12.1 Å². The van der Waals surface area contributed by atoms with E-state index < -0.39 is 0 Å². The van der Waals surface area contributed by atoms with Gasteiger partial charge in [0.05, 0.1) is 13.2 Å². The summed E-state index contributed by atoms with van der Waals surface area (Å²) in [5.74, 6) is 0.847. The number of ether oxygens (including phenoxy) is 2. The van der Waals surface area contributed by atoms with Crippen molar-refractivity contribution < 1.29 is 14.3 Å². The zero-order valence-corrected chi connectivity index (χ0v) is 15.1. The van der Waals surface area contributed by atoms with Gasteiger partial charge >= 0.3 is 0 Å². The normalized spacial score (nSPS) is 13.4.